The van der Waals surface area contributed by atoms with Crippen molar-refractivity contribution in [3.05, 3.63) is 120 Å². The van der Waals surface area contributed by atoms with Gasteiger partial charge in [0.15, 0.2) is 0 Å². The third kappa shape index (κ3) is 8.08. The Labute approximate surface area is 282 Å². The Morgan fingerprint density at radius 2 is 0.630 bits per heavy atom. The molecular formula is C44H54Si2. The molecule has 0 amide bonds. The third-order valence-electron chi connectivity index (χ3n) is 9.50. The molecule has 0 atom stereocenters. The van der Waals surface area contributed by atoms with Gasteiger partial charge in [0.2, 0.25) is 0 Å². The second-order valence-corrected chi connectivity index (χ2v) is 25.3. The van der Waals surface area contributed by atoms with Crippen LogP contribution in [0.3, 0.4) is 0 Å². The average Bonchev–Trinajstić information content (AvgIpc) is 3.06. The van der Waals surface area contributed by atoms with Crippen LogP contribution in [0, 0.1) is 0 Å². The highest BCUT2D eigenvalue weighted by Gasteiger charge is 2.18. The van der Waals surface area contributed by atoms with E-state index in [1.54, 1.807) is 0 Å². The van der Waals surface area contributed by atoms with Crippen molar-refractivity contribution in [2.24, 2.45) is 0 Å². The Balaban J connectivity index is 1.54. The lowest BCUT2D eigenvalue weighted by molar-refractivity contribution is 0.758. The zero-order valence-electron chi connectivity index (χ0n) is 29.6. The number of aryl methyl sites for hydroxylation is 2. The molecule has 0 aliphatic heterocycles. The molecule has 5 rings (SSSR count). The molecule has 2 heteroatoms. The first-order valence-corrected chi connectivity index (χ1v) is 24.6. The molecule has 0 unspecified atom stereocenters. The molecule has 0 nitrogen and oxygen atoms in total. The van der Waals surface area contributed by atoms with Crippen molar-refractivity contribution in [2.45, 2.75) is 91.7 Å². The largest absolute Gasteiger partial charge is 0.0775 e. The lowest BCUT2D eigenvalue weighted by Gasteiger charge is -2.19. The molecule has 0 aromatic heterocycles. The summed E-state index contributed by atoms with van der Waals surface area (Å²) in [4.78, 5) is 0. The smallest absolute Gasteiger partial charge is 0.0656 e. The standard InChI is InChI=1S/C44H54Si2/c1-9-11-13-39-31-43(37-19-15-33(16-20-37)35-23-27-41(28-24-35)45(3,4)5)44(32-40(39)14-12-10-2)38-21-17-34(18-22-38)36-25-29-42(30-26-36)46(6,7)8/h15-32H,9-14H2,1-8H3. The van der Waals surface area contributed by atoms with Gasteiger partial charge in [-0.25, -0.2) is 0 Å². The second-order valence-electron chi connectivity index (χ2n) is 15.2. The fraction of sp³-hybridized carbons (Fsp3) is 0.318. The molecule has 5 aromatic rings. The first-order chi connectivity index (χ1) is 22.0. The van der Waals surface area contributed by atoms with E-state index < -0.39 is 16.1 Å². The van der Waals surface area contributed by atoms with Gasteiger partial charge in [0.05, 0.1) is 16.1 Å². The SMILES string of the molecule is CCCCc1cc(-c2ccc(-c3ccc([Si](C)(C)C)cc3)cc2)c(-c2ccc(-c3ccc([Si](C)(C)C)cc3)cc2)cc1CCCC. The van der Waals surface area contributed by atoms with Gasteiger partial charge in [-0.3, -0.25) is 0 Å². The maximum absolute atomic E-state index is 2.52. The van der Waals surface area contributed by atoms with Crippen LogP contribution in [0.1, 0.15) is 50.7 Å². The van der Waals surface area contributed by atoms with Gasteiger partial charge in [-0.1, -0.05) is 186 Å². The second kappa shape index (κ2) is 14.5. The van der Waals surface area contributed by atoms with Crippen LogP contribution in [0.25, 0.3) is 44.5 Å². The Hall–Kier alpha value is -3.47. The lowest BCUT2D eigenvalue weighted by atomic mass is 9.86. The van der Waals surface area contributed by atoms with Crippen molar-refractivity contribution < 1.29 is 0 Å². The van der Waals surface area contributed by atoms with E-state index in [1.165, 1.54) is 91.7 Å². The minimum Gasteiger partial charge on any atom is -0.0656 e. The van der Waals surface area contributed by atoms with Crippen LogP contribution in [0.5, 0.6) is 0 Å². The number of hydrogen-bond acceptors (Lipinski definition) is 0. The van der Waals surface area contributed by atoms with Crippen LogP contribution in [0.2, 0.25) is 39.3 Å². The Kier molecular flexibility index (Phi) is 10.7. The predicted molar refractivity (Wildman–Crippen MR) is 211 cm³/mol. The first kappa shape index (κ1) is 33.9. The minimum absolute atomic E-state index is 1.15. The Morgan fingerprint density at radius 3 is 0.891 bits per heavy atom. The molecule has 0 spiro atoms. The zero-order chi connectivity index (χ0) is 32.9. The van der Waals surface area contributed by atoms with Crippen LogP contribution < -0.4 is 10.4 Å². The van der Waals surface area contributed by atoms with Gasteiger partial charge in [-0.15, -0.1) is 0 Å². The quantitative estimate of drug-likeness (QED) is 0.119. The molecular weight excluding hydrogens is 585 g/mol. The Morgan fingerprint density at radius 1 is 0.370 bits per heavy atom. The third-order valence-corrected chi connectivity index (χ3v) is 13.6. The van der Waals surface area contributed by atoms with Gasteiger partial charge in [0.1, 0.15) is 0 Å². The van der Waals surface area contributed by atoms with Crippen LogP contribution in [0.4, 0.5) is 0 Å². The van der Waals surface area contributed by atoms with Gasteiger partial charge in [0, 0.05) is 0 Å². The summed E-state index contributed by atoms with van der Waals surface area (Å²) in [5.41, 5.74) is 13.5. The number of hydrogen-bond donors (Lipinski definition) is 0. The van der Waals surface area contributed by atoms with E-state index >= 15 is 0 Å². The van der Waals surface area contributed by atoms with E-state index in [-0.39, 0.29) is 0 Å². The van der Waals surface area contributed by atoms with Crippen molar-refractivity contribution in [1.82, 2.24) is 0 Å². The highest BCUT2D eigenvalue weighted by Crippen LogP contribution is 2.37. The highest BCUT2D eigenvalue weighted by molar-refractivity contribution is 6.89. The van der Waals surface area contributed by atoms with Gasteiger partial charge in [-0.2, -0.15) is 0 Å². The van der Waals surface area contributed by atoms with Crippen molar-refractivity contribution in [1.29, 1.82) is 0 Å². The van der Waals surface area contributed by atoms with Crippen LogP contribution in [0.15, 0.2) is 109 Å². The van der Waals surface area contributed by atoms with Crippen LogP contribution >= 0.6 is 0 Å². The maximum Gasteiger partial charge on any atom is 0.0775 e. The maximum atomic E-state index is 2.52. The molecule has 0 fully saturated rings. The molecule has 238 valence electrons. The molecule has 0 saturated heterocycles. The molecule has 0 bridgehead atoms. The summed E-state index contributed by atoms with van der Waals surface area (Å²) in [6.07, 6.45) is 7.20. The molecule has 0 aliphatic rings. The fourth-order valence-corrected chi connectivity index (χ4v) is 8.71. The molecule has 0 N–H and O–H groups in total. The minimum atomic E-state index is -1.31. The zero-order valence-corrected chi connectivity index (χ0v) is 31.6. The van der Waals surface area contributed by atoms with E-state index in [1.807, 2.05) is 0 Å². The van der Waals surface area contributed by atoms with E-state index in [2.05, 4.69) is 162 Å². The highest BCUT2D eigenvalue weighted by atomic mass is 28.3. The van der Waals surface area contributed by atoms with Crippen molar-refractivity contribution in [3.8, 4) is 44.5 Å². The Bertz CT molecular complexity index is 1580. The van der Waals surface area contributed by atoms with E-state index in [9.17, 15) is 0 Å². The predicted octanol–water partition coefficient (Wildman–Crippen LogP) is 12.1. The molecule has 0 saturated carbocycles. The van der Waals surface area contributed by atoms with Crippen molar-refractivity contribution >= 4 is 26.5 Å². The summed E-state index contributed by atoms with van der Waals surface area (Å²) in [5, 5.41) is 3.02. The average molecular weight is 639 g/mol. The summed E-state index contributed by atoms with van der Waals surface area (Å²) in [5.74, 6) is 0. The molecule has 5 aromatic carbocycles. The van der Waals surface area contributed by atoms with Gasteiger partial charge >= 0.3 is 0 Å². The summed E-state index contributed by atoms with van der Waals surface area (Å²) in [7, 11) is -2.62. The number of benzene rings is 5. The van der Waals surface area contributed by atoms with Crippen molar-refractivity contribution in [3.63, 3.8) is 0 Å². The number of unbranched alkanes of at least 4 members (excludes halogenated alkanes) is 2. The fourth-order valence-electron chi connectivity index (χ4n) is 6.38. The monoisotopic (exact) mass is 638 g/mol. The molecule has 0 radical (unpaired) electrons. The molecule has 0 aliphatic carbocycles. The van der Waals surface area contributed by atoms with E-state index in [0.29, 0.717) is 0 Å². The van der Waals surface area contributed by atoms with Crippen LogP contribution in [-0.2, 0) is 12.8 Å². The van der Waals surface area contributed by atoms with Crippen LogP contribution in [-0.4, -0.2) is 16.1 Å². The molecule has 0 heterocycles. The van der Waals surface area contributed by atoms with Crippen molar-refractivity contribution in [2.75, 3.05) is 0 Å². The first-order valence-electron chi connectivity index (χ1n) is 17.6. The topological polar surface area (TPSA) is 0 Å². The normalized spacial score (nSPS) is 12.0. The van der Waals surface area contributed by atoms with Gasteiger partial charge < -0.3 is 0 Å². The lowest BCUT2D eigenvalue weighted by Crippen LogP contribution is -2.37. The van der Waals surface area contributed by atoms with Gasteiger partial charge in [0.25, 0.3) is 0 Å². The van der Waals surface area contributed by atoms with Gasteiger partial charge in [-0.05, 0) is 81.3 Å². The van der Waals surface area contributed by atoms with E-state index in [0.717, 1.165) is 12.8 Å². The summed E-state index contributed by atoms with van der Waals surface area (Å²) < 4.78 is 0. The summed E-state index contributed by atoms with van der Waals surface area (Å²) >= 11 is 0. The summed E-state index contributed by atoms with van der Waals surface area (Å²) in [6, 6.07) is 42.2. The molecule has 46 heavy (non-hydrogen) atoms. The number of rotatable bonds is 12. The van der Waals surface area contributed by atoms with E-state index in [4.69, 9.17) is 0 Å². The summed E-state index contributed by atoms with van der Waals surface area (Å²) in [6.45, 7) is 19.1.